The average Bonchev–Trinajstić information content (AvgIpc) is 3.12. The van der Waals surface area contributed by atoms with E-state index in [9.17, 15) is 0 Å². The van der Waals surface area contributed by atoms with Crippen LogP contribution in [-0.4, -0.2) is 10.3 Å². The van der Waals surface area contributed by atoms with Gasteiger partial charge in [0.1, 0.15) is 24.5 Å². The van der Waals surface area contributed by atoms with Gasteiger partial charge < -0.3 is 0 Å². The summed E-state index contributed by atoms with van der Waals surface area (Å²) in [6, 6.07) is 21.1. The highest BCUT2D eigenvalue weighted by Gasteiger charge is 2.20. The van der Waals surface area contributed by atoms with E-state index in [1.54, 1.807) is 0 Å². The van der Waals surface area contributed by atoms with E-state index in [0.29, 0.717) is 0 Å². The lowest BCUT2D eigenvalue weighted by atomic mass is 10.1. The van der Waals surface area contributed by atoms with Crippen LogP contribution in [0.15, 0.2) is 84.4 Å². The molecule has 1 atom stereocenters. The molecule has 0 spiro atoms. The lowest BCUT2D eigenvalue weighted by molar-refractivity contribution is -0.681. The summed E-state index contributed by atoms with van der Waals surface area (Å²) in [4.78, 5) is 5.07. The molecule has 3 heteroatoms. The minimum Gasteiger partial charge on any atom is -0.277 e. The molecule has 3 nitrogen and oxygen atoms in total. The first-order valence-corrected chi connectivity index (χ1v) is 9.18. The van der Waals surface area contributed by atoms with E-state index in [2.05, 4.69) is 104 Å². The van der Waals surface area contributed by atoms with Crippen LogP contribution >= 0.6 is 0 Å². The molecule has 0 aliphatic rings. The summed E-state index contributed by atoms with van der Waals surface area (Å²) in [7, 11) is 0. The third-order valence-corrected chi connectivity index (χ3v) is 4.54. The lowest BCUT2D eigenvalue weighted by Gasteiger charge is -2.14. The molecule has 1 aromatic heterocycles. The monoisotopic (exact) mass is 346 g/mol. The molecule has 0 bridgehead atoms. The molecule has 0 amide bonds. The van der Waals surface area contributed by atoms with Crippen molar-refractivity contribution in [1.82, 2.24) is 4.57 Å². The molecule has 0 unspecified atom stereocenters. The van der Waals surface area contributed by atoms with Crippen LogP contribution in [0.3, 0.4) is 0 Å². The molecule has 0 saturated carbocycles. The van der Waals surface area contributed by atoms with E-state index in [-0.39, 0.29) is 11.6 Å². The van der Waals surface area contributed by atoms with Crippen molar-refractivity contribution in [2.45, 2.75) is 45.8 Å². The lowest BCUT2D eigenvalue weighted by Crippen LogP contribution is -2.37. The first-order chi connectivity index (χ1) is 12.4. The van der Waals surface area contributed by atoms with Gasteiger partial charge in [-0.2, -0.15) is 0 Å². The maximum absolute atomic E-state index is 5.07. The van der Waals surface area contributed by atoms with Crippen molar-refractivity contribution in [3.63, 3.8) is 0 Å². The van der Waals surface area contributed by atoms with Gasteiger partial charge in [-0.25, -0.2) is 9.13 Å². The normalized spacial score (nSPS) is 13.6. The summed E-state index contributed by atoms with van der Waals surface area (Å²) >= 11 is 0. The first-order valence-electron chi connectivity index (χ1n) is 9.18. The van der Waals surface area contributed by atoms with Gasteiger partial charge in [-0.15, -0.1) is 0 Å². The Hall–Kier alpha value is -2.68. The molecule has 1 heterocycles. The first kappa shape index (κ1) is 18.1. The summed E-state index contributed by atoms with van der Waals surface area (Å²) in [5.41, 5.74) is 3.58. The van der Waals surface area contributed by atoms with E-state index in [0.717, 1.165) is 12.3 Å². The van der Waals surface area contributed by atoms with Crippen LogP contribution in [0, 0.1) is 0 Å². The van der Waals surface area contributed by atoms with Gasteiger partial charge in [-0.3, -0.25) is 4.99 Å². The minimum atomic E-state index is 0.0760. The summed E-state index contributed by atoms with van der Waals surface area (Å²) in [5.74, 6) is 0. The average molecular weight is 346 g/mol. The zero-order valence-corrected chi connectivity index (χ0v) is 16.1. The quantitative estimate of drug-likeness (QED) is 0.468. The fourth-order valence-corrected chi connectivity index (χ4v) is 2.93. The van der Waals surface area contributed by atoms with Crippen molar-refractivity contribution in [2.75, 3.05) is 0 Å². The Morgan fingerprint density at radius 3 is 2.19 bits per heavy atom. The van der Waals surface area contributed by atoms with Gasteiger partial charge in [0.05, 0.1) is 11.8 Å². The second-order valence-corrected chi connectivity index (χ2v) is 7.69. The Kier molecular flexibility index (Phi) is 5.36. The van der Waals surface area contributed by atoms with E-state index in [1.807, 2.05) is 12.1 Å². The number of rotatable bonds is 5. The number of nitrogens with zero attached hydrogens (tertiary/aromatic N) is 3. The standard InChI is InChI=1S/C23H28N3/c1-19(20-11-7-5-8-12-20)24-22(21-13-9-6-10-14-21)17-25-15-16-26(18-25)23(2,3)4/h5-16,18-19H,17H2,1-4H3/q+1/t19-/m0/s1. The number of aromatic nitrogens is 2. The van der Waals surface area contributed by atoms with Gasteiger partial charge in [-0.1, -0.05) is 60.7 Å². The molecule has 0 aliphatic carbocycles. The van der Waals surface area contributed by atoms with Crippen molar-refractivity contribution >= 4 is 5.71 Å². The predicted octanol–water partition coefficient (Wildman–Crippen LogP) is 4.78. The third-order valence-electron chi connectivity index (χ3n) is 4.54. The van der Waals surface area contributed by atoms with Crippen LogP contribution in [0.1, 0.15) is 44.9 Å². The highest BCUT2D eigenvalue weighted by molar-refractivity contribution is 5.99. The maximum Gasteiger partial charge on any atom is 0.244 e. The largest absolute Gasteiger partial charge is 0.277 e. The summed E-state index contributed by atoms with van der Waals surface area (Å²) < 4.78 is 4.44. The molecule has 3 rings (SSSR count). The Balaban J connectivity index is 1.92. The minimum absolute atomic E-state index is 0.0760. The van der Waals surface area contributed by atoms with Gasteiger partial charge in [0, 0.05) is 0 Å². The Morgan fingerprint density at radius 2 is 1.62 bits per heavy atom. The van der Waals surface area contributed by atoms with Crippen molar-refractivity contribution in [1.29, 1.82) is 0 Å². The molecule has 0 fully saturated rings. The maximum atomic E-state index is 5.07. The van der Waals surface area contributed by atoms with Gasteiger partial charge >= 0.3 is 0 Å². The van der Waals surface area contributed by atoms with Crippen LogP contribution in [0.2, 0.25) is 0 Å². The molecular formula is C23H28N3+. The molecule has 0 radical (unpaired) electrons. The number of hydrogen-bond acceptors (Lipinski definition) is 1. The second kappa shape index (κ2) is 7.69. The van der Waals surface area contributed by atoms with Gasteiger partial charge in [0.25, 0.3) is 0 Å². The van der Waals surface area contributed by atoms with E-state index < -0.39 is 0 Å². The second-order valence-electron chi connectivity index (χ2n) is 7.69. The Morgan fingerprint density at radius 1 is 1.00 bits per heavy atom. The van der Waals surface area contributed by atoms with Gasteiger partial charge in [0.15, 0.2) is 0 Å². The number of benzene rings is 2. The van der Waals surface area contributed by atoms with Gasteiger partial charge in [0.2, 0.25) is 6.33 Å². The number of hydrogen-bond donors (Lipinski definition) is 0. The molecule has 26 heavy (non-hydrogen) atoms. The highest BCUT2D eigenvalue weighted by Crippen LogP contribution is 2.18. The summed E-state index contributed by atoms with van der Waals surface area (Å²) in [6.45, 7) is 9.54. The molecule has 0 aliphatic heterocycles. The predicted molar refractivity (Wildman–Crippen MR) is 107 cm³/mol. The fraction of sp³-hybridized carbons (Fsp3) is 0.304. The van der Waals surface area contributed by atoms with E-state index >= 15 is 0 Å². The Bertz CT molecular complexity index is 855. The van der Waals surface area contributed by atoms with Crippen molar-refractivity contribution in [3.05, 3.63) is 90.5 Å². The molecule has 134 valence electrons. The molecular weight excluding hydrogens is 318 g/mol. The molecule has 2 aromatic carbocycles. The van der Waals surface area contributed by atoms with Crippen LogP contribution in [0.4, 0.5) is 0 Å². The number of imidazole rings is 1. The topological polar surface area (TPSA) is 21.2 Å². The Labute approximate surface area is 156 Å². The van der Waals surface area contributed by atoms with Gasteiger partial charge in [-0.05, 0) is 38.8 Å². The third kappa shape index (κ3) is 4.48. The van der Waals surface area contributed by atoms with Crippen molar-refractivity contribution in [2.24, 2.45) is 4.99 Å². The highest BCUT2D eigenvalue weighted by atomic mass is 15.1. The smallest absolute Gasteiger partial charge is 0.244 e. The van der Waals surface area contributed by atoms with Crippen LogP contribution < -0.4 is 4.57 Å². The zero-order chi connectivity index (χ0) is 18.6. The zero-order valence-electron chi connectivity index (χ0n) is 16.1. The van der Waals surface area contributed by atoms with Crippen LogP contribution in [0.5, 0.6) is 0 Å². The van der Waals surface area contributed by atoms with Crippen molar-refractivity contribution in [3.8, 4) is 0 Å². The van der Waals surface area contributed by atoms with Crippen LogP contribution in [-0.2, 0) is 12.1 Å². The van der Waals surface area contributed by atoms with E-state index in [4.69, 9.17) is 4.99 Å². The molecule has 0 saturated heterocycles. The molecule has 0 N–H and O–H groups in total. The van der Waals surface area contributed by atoms with Crippen molar-refractivity contribution < 1.29 is 4.57 Å². The summed E-state index contributed by atoms with van der Waals surface area (Å²) in [6.07, 6.45) is 6.41. The fourth-order valence-electron chi connectivity index (χ4n) is 2.93. The van der Waals surface area contributed by atoms with Crippen LogP contribution in [0.25, 0.3) is 0 Å². The SMILES string of the molecule is C[C@H](N=C(C[n+]1ccn(C(C)(C)C)c1)c1ccccc1)c1ccccc1. The number of aliphatic imine (C=N–C) groups is 1. The van der Waals surface area contributed by atoms with E-state index in [1.165, 1.54) is 11.1 Å². The molecule has 3 aromatic rings. The summed E-state index contributed by atoms with van der Waals surface area (Å²) in [5, 5.41) is 0.